The Morgan fingerprint density at radius 2 is 2.29 bits per heavy atom. The Morgan fingerprint density at radius 3 is 2.95 bits per heavy atom. The van der Waals surface area contributed by atoms with Crippen LogP contribution in [0.1, 0.15) is 25.7 Å². The molecule has 1 aromatic heterocycles. The molecule has 1 aliphatic rings. The van der Waals surface area contributed by atoms with Crippen LogP contribution in [0, 0.1) is 0 Å². The topological polar surface area (TPSA) is 85.2 Å². The minimum atomic E-state index is -3.49. The summed E-state index contributed by atoms with van der Waals surface area (Å²) in [6, 6.07) is -0.0485. The molecule has 1 saturated carbocycles. The zero-order valence-electron chi connectivity index (χ0n) is 12.6. The van der Waals surface area contributed by atoms with Crippen molar-refractivity contribution in [1.82, 2.24) is 19.8 Å². The molecule has 0 radical (unpaired) electrons. The zero-order chi connectivity index (χ0) is 15.3. The highest BCUT2D eigenvalue weighted by molar-refractivity contribution is 7.89. The molecule has 2 rings (SSSR count). The second-order valence-corrected chi connectivity index (χ2v) is 7.10. The van der Waals surface area contributed by atoms with E-state index in [1.807, 2.05) is 7.05 Å². The van der Waals surface area contributed by atoms with Gasteiger partial charge in [-0.3, -0.25) is 4.68 Å². The van der Waals surface area contributed by atoms with E-state index >= 15 is 0 Å². The van der Waals surface area contributed by atoms with Gasteiger partial charge in [0.05, 0.1) is 12.3 Å². The number of nitrogens with zero attached hydrogens (tertiary/aromatic N) is 2. The molecule has 0 spiro atoms. The molecule has 7 nitrogen and oxygen atoms in total. The SMILES string of the molecule is CNCCCn1cc(S(=O)(=O)NC2CCC(OC)C2)cn1. The van der Waals surface area contributed by atoms with Crippen molar-refractivity contribution < 1.29 is 13.2 Å². The lowest BCUT2D eigenvalue weighted by molar-refractivity contribution is 0.107. The number of rotatable bonds is 8. The zero-order valence-corrected chi connectivity index (χ0v) is 13.4. The van der Waals surface area contributed by atoms with Gasteiger partial charge in [-0.2, -0.15) is 5.10 Å². The van der Waals surface area contributed by atoms with Crippen molar-refractivity contribution in [3.8, 4) is 0 Å². The molecule has 0 aromatic carbocycles. The standard InChI is InChI=1S/C13H24N4O3S/c1-14-6-3-7-17-10-13(9-15-17)21(18,19)16-11-4-5-12(8-11)20-2/h9-12,14,16H,3-8H2,1-2H3. The lowest BCUT2D eigenvalue weighted by Crippen LogP contribution is -2.33. The largest absolute Gasteiger partial charge is 0.381 e. The molecule has 1 aromatic rings. The summed E-state index contributed by atoms with van der Waals surface area (Å²) >= 11 is 0. The van der Waals surface area contributed by atoms with Crippen LogP contribution < -0.4 is 10.0 Å². The number of sulfonamides is 1. The van der Waals surface area contributed by atoms with Gasteiger partial charge in [-0.15, -0.1) is 0 Å². The van der Waals surface area contributed by atoms with Crippen molar-refractivity contribution in [2.45, 2.75) is 49.3 Å². The van der Waals surface area contributed by atoms with E-state index in [9.17, 15) is 8.42 Å². The van der Waals surface area contributed by atoms with E-state index in [-0.39, 0.29) is 17.0 Å². The molecule has 0 aliphatic heterocycles. The van der Waals surface area contributed by atoms with Crippen LogP contribution in [0.5, 0.6) is 0 Å². The van der Waals surface area contributed by atoms with Gasteiger partial charge in [0, 0.05) is 25.9 Å². The van der Waals surface area contributed by atoms with Crippen molar-refractivity contribution in [2.75, 3.05) is 20.7 Å². The van der Waals surface area contributed by atoms with E-state index in [1.165, 1.54) is 6.20 Å². The van der Waals surface area contributed by atoms with Gasteiger partial charge < -0.3 is 10.1 Å². The van der Waals surface area contributed by atoms with E-state index in [0.717, 1.165) is 32.2 Å². The monoisotopic (exact) mass is 316 g/mol. The van der Waals surface area contributed by atoms with Crippen molar-refractivity contribution in [1.29, 1.82) is 0 Å². The molecule has 0 amide bonds. The molecule has 1 aliphatic carbocycles. The number of hydrogen-bond acceptors (Lipinski definition) is 5. The van der Waals surface area contributed by atoms with Crippen LogP contribution in [0.4, 0.5) is 0 Å². The highest BCUT2D eigenvalue weighted by Crippen LogP contribution is 2.23. The third-order valence-corrected chi connectivity index (χ3v) is 5.25. The van der Waals surface area contributed by atoms with E-state index in [2.05, 4.69) is 15.1 Å². The first-order valence-electron chi connectivity index (χ1n) is 7.27. The Morgan fingerprint density at radius 1 is 1.48 bits per heavy atom. The molecule has 8 heteroatoms. The summed E-state index contributed by atoms with van der Waals surface area (Å²) in [6.07, 6.45) is 6.49. The van der Waals surface area contributed by atoms with E-state index in [1.54, 1.807) is 18.0 Å². The molecule has 2 N–H and O–H groups in total. The molecule has 2 atom stereocenters. The van der Waals surface area contributed by atoms with Gasteiger partial charge in [0.1, 0.15) is 4.90 Å². The second-order valence-electron chi connectivity index (χ2n) is 5.39. The Kier molecular flexibility index (Phi) is 5.74. The van der Waals surface area contributed by atoms with Gasteiger partial charge in [0.2, 0.25) is 10.0 Å². The number of ether oxygens (including phenoxy) is 1. The first kappa shape index (κ1) is 16.4. The van der Waals surface area contributed by atoms with Crippen LogP contribution in [0.25, 0.3) is 0 Å². The van der Waals surface area contributed by atoms with Crippen LogP contribution in [-0.4, -0.2) is 51.0 Å². The van der Waals surface area contributed by atoms with Crippen LogP contribution in [-0.2, 0) is 21.3 Å². The number of aryl methyl sites for hydroxylation is 1. The van der Waals surface area contributed by atoms with Crippen LogP contribution in [0.2, 0.25) is 0 Å². The maximum absolute atomic E-state index is 12.3. The maximum atomic E-state index is 12.3. The van der Waals surface area contributed by atoms with E-state index in [0.29, 0.717) is 6.54 Å². The average Bonchev–Trinajstić information content (AvgIpc) is 3.08. The fourth-order valence-corrected chi connectivity index (χ4v) is 3.81. The molecule has 0 saturated heterocycles. The lowest BCUT2D eigenvalue weighted by atomic mass is 10.3. The van der Waals surface area contributed by atoms with Crippen molar-refractivity contribution >= 4 is 10.0 Å². The molecule has 1 fully saturated rings. The van der Waals surface area contributed by atoms with Crippen LogP contribution in [0.15, 0.2) is 17.3 Å². The summed E-state index contributed by atoms with van der Waals surface area (Å²) < 4.78 is 34.3. The molecule has 120 valence electrons. The second kappa shape index (κ2) is 7.35. The Hall–Kier alpha value is -0.960. The number of methoxy groups -OCH3 is 1. The van der Waals surface area contributed by atoms with Crippen molar-refractivity contribution in [2.24, 2.45) is 0 Å². The predicted octanol–water partition coefficient (Wildman–Crippen LogP) is 0.338. The molecule has 0 bridgehead atoms. The summed E-state index contributed by atoms with van der Waals surface area (Å²) in [7, 11) is 0.0605. The lowest BCUT2D eigenvalue weighted by Gasteiger charge is -2.12. The van der Waals surface area contributed by atoms with Crippen LogP contribution in [0.3, 0.4) is 0 Å². The number of hydrogen-bond donors (Lipinski definition) is 2. The molecule has 21 heavy (non-hydrogen) atoms. The smallest absolute Gasteiger partial charge is 0.243 e. The van der Waals surface area contributed by atoms with E-state index < -0.39 is 10.0 Å². The first-order valence-corrected chi connectivity index (χ1v) is 8.75. The normalized spacial score (nSPS) is 22.8. The predicted molar refractivity (Wildman–Crippen MR) is 79.5 cm³/mol. The van der Waals surface area contributed by atoms with Crippen molar-refractivity contribution in [3.05, 3.63) is 12.4 Å². The molecule has 2 unspecified atom stereocenters. The summed E-state index contributed by atoms with van der Waals surface area (Å²) in [5.74, 6) is 0. The highest BCUT2D eigenvalue weighted by Gasteiger charge is 2.29. The summed E-state index contributed by atoms with van der Waals surface area (Å²) in [6.45, 7) is 1.58. The Balaban J connectivity index is 1.93. The average molecular weight is 316 g/mol. The fourth-order valence-electron chi connectivity index (χ4n) is 2.57. The Labute approximate surface area is 126 Å². The summed E-state index contributed by atoms with van der Waals surface area (Å²) in [5.41, 5.74) is 0. The third-order valence-electron chi connectivity index (χ3n) is 3.77. The Bertz CT molecular complexity index is 543. The summed E-state index contributed by atoms with van der Waals surface area (Å²) in [5, 5.41) is 7.15. The maximum Gasteiger partial charge on any atom is 0.243 e. The van der Waals surface area contributed by atoms with E-state index in [4.69, 9.17) is 4.74 Å². The van der Waals surface area contributed by atoms with Gasteiger partial charge in [-0.05, 0) is 39.3 Å². The molecular formula is C13H24N4O3S. The molecule has 1 heterocycles. The van der Waals surface area contributed by atoms with Gasteiger partial charge in [0.15, 0.2) is 0 Å². The quantitative estimate of drug-likeness (QED) is 0.676. The van der Waals surface area contributed by atoms with Gasteiger partial charge in [-0.1, -0.05) is 0 Å². The highest BCUT2D eigenvalue weighted by atomic mass is 32.2. The fraction of sp³-hybridized carbons (Fsp3) is 0.769. The number of nitrogens with one attached hydrogen (secondary N) is 2. The minimum Gasteiger partial charge on any atom is -0.381 e. The third kappa shape index (κ3) is 4.50. The summed E-state index contributed by atoms with van der Waals surface area (Å²) in [4.78, 5) is 0.229. The van der Waals surface area contributed by atoms with Gasteiger partial charge in [0.25, 0.3) is 0 Å². The molecular weight excluding hydrogens is 292 g/mol. The van der Waals surface area contributed by atoms with Gasteiger partial charge >= 0.3 is 0 Å². The number of aromatic nitrogens is 2. The van der Waals surface area contributed by atoms with Gasteiger partial charge in [-0.25, -0.2) is 13.1 Å². The van der Waals surface area contributed by atoms with Crippen molar-refractivity contribution in [3.63, 3.8) is 0 Å². The van der Waals surface area contributed by atoms with Crippen LogP contribution >= 0.6 is 0 Å². The first-order chi connectivity index (χ1) is 10.0. The minimum absolute atomic E-state index is 0.0485.